The first-order chi connectivity index (χ1) is 24.2. The number of aliphatic hydroxyl groups excluding tert-OH is 1. The van der Waals surface area contributed by atoms with Crippen LogP contribution in [0.3, 0.4) is 0 Å². The van der Waals surface area contributed by atoms with Crippen LogP contribution in [-0.4, -0.2) is 15.9 Å². The van der Waals surface area contributed by atoms with E-state index in [2.05, 4.69) is 37.9 Å². The van der Waals surface area contributed by atoms with Gasteiger partial charge in [0.1, 0.15) is 0 Å². The summed E-state index contributed by atoms with van der Waals surface area (Å²) in [6.45, 7) is 14.4. The van der Waals surface area contributed by atoms with E-state index in [0.29, 0.717) is 16.8 Å². The van der Waals surface area contributed by atoms with Crippen LogP contribution in [0.1, 0.15) is 85.3 Å². The van der Waals surface area contributed by atoms with Gasteiger partial charge in [-0.25, -0.2) is 0 Å². The predicted molar refractivity (Wildman–Crippen MR) is 204 cm³/mol. The summed E-state index contributed by atoms with van der Waals surface area (Å²) in [5.74, 6) is 0.547. The molecule has 0 saturated heterocycles. The molecule has 0 aliphatic heterocycles. The molecule has 0 aliphatic rings. The van der Waals surface area contributed by atoms with Gasteiger partial charge in [-0.1, -0.05) is 132 Å². The van der Waals surface area contributed by atoms with Gasteiger partial charge in [0, 0.05) is 49.9 Å². The van der Waals surface area contributed by atoms with Crippen molar-refractivity contribution in [1.82, 2.24) is 4.98 Å². The molecule has 277 valence electrons. The Morgan fingerprint density at radius 3 is 1.92 bits per heavy atom. The summed E-state index contributed by atoms with van der Waals surface area (Å²) in [5.41, 5.74) is 3.70. The fourth-order valence-electron chi connectivity index (χ4n) is 6.33. The Morgan fingerprint density at radius 1 is 0.750 bits per heavy atom. The molecule has 4 aromatic carbocycles. The quantitative estimate of drug-likeness (QED) is 0.0864. The molecule has 7 heteroatoms. The number of allylic oxidation sites excluding steroid dienone is 2. The monoisotopic (exact) mass is 885 g/mol. The normalized spacial score (nSPS) is 12.0. The second-order valence-electron chi connectivity index (χ2n) is 14.0. The van der Waals surface area contributed by atoms with Gasteiger partial charge < -0.3 is 5.11 Å². The number of aliphatic hydroxyl groups is 1. The third-order valence-corrected chi connectivity index (χ3v) is 9.43. The van der Waals surface area contributed by atoms with Gasteiger partial charge >= 0.3 is 6.18 Å². The van der Waals surface area contributed by atoms with Gasteiger partial charge in [-0.2, -0.15) is 13.2 Å². The molecule has 1 N–H and O–H groups in total. The maximum Gasteiger partial charge on any atom is 0.418 e. The number of halogens is 3. The zero-order valence-electron chi connectivity index (χ0n) is 31.1. The van der Waals surface area contributed by atoms with Crippen LogP contribution in [-0.2, 0) is 36.5 Å². The third kappa shape index (κ3) is 10.5. The van der Waals surface area contributed by atoms with Crippen LogP contribution in [0.15, 0.2) is 109 Å². The molecule has 1 aromatic heterocycles. The van der Waals surface area contributed by atoms with Crippen LogP contribution in [0.2, 0.25) is 0 Å². The van der Waals surface area contributed by atoms with Crippen LogP contribution in [0.25, 0.3) is 44.3 Å². The first-order valence-electron chi connectivity index (χ1n) is 17.8. The summed E-state index contributed by atoms with van der Waals surface area (Å²) < 4.78 is 42.2. The first-order valence-corrected chi connectivity index (χ1v) is 17.8. The van der Waals surface area contributed by atoms with E-state index in [1.54, 1.807) is 24.3 Å². The average Bonchev–Trinajstić information content (AvgIpc) is 3.12. The molecule has 52 heavy (non-hydrogen) atoms. The number of hydrogen-bond donors (Lipinski definition) is 1. The van der Waals surface area contributed by atoms with Crippen molar-refractivity contribution < 1.29 is 43.2 Å². The Balaban J connectivity index is 0.000000389. The topological polar surface area (TPSA) is 50.2 Å². The minimum Gasteiger partial charge on any atom is -0.512 e. The molecular formula is C45H49F3IrNO2-. The molecule has 0 saturated carbocycles. The second-order valence-corrected chi connectivity index (χ2v) is 14.0. The van der Waals surface area contributed by atoms with Crippen molar-refractivity contribution in [2.24, 2.45) is 11.8 Å². The average molecular weight is 885 g/mol. The van der Waals surface area contributed by atoms with Crippen LogP contribution in [0.5, 0.6) is 0 Å². The zero-order chi connectivity index (χ0) is 37.3. The summed E-state index contributed by atoms with van der Waals surface area (Å²) in [4.78, 5) is 16.0. The Hall–Kier alpha value is -4.06. The van der Waals surface area contributed by atoms with E-state index in [9.17, 15) is 23.1 Å². The number of carbonyl (C=O) groups excluding carboxylic acids is 1. The molecule has 0 aliphatic carbocycles. The molecule has 1 radical (unpaired) electrons. The number of carbonyl (C=O) groups is 1. The van der Waals surface area contributed by atoms with Crippen LogP contribution in [0.4, 0.5) is 13.2 Å². The third-order valence-electron chi connectivity index (χ3n) is 9.43. The Kier molecular flexibility index (Phi) is 15.2. The second kappa shape index (κ2) is 18.6. The Labute approximate surface area is 320 Å². The number of benzene rings is 4. The molecule has 0 fully saturated rings. The van der Waals surface area contributed by atoms with E-state index in [4.69, 9.17) is 0 Å². The molecule has 1 heterocycles. The molecular weight excluding hydrogens is 836 g/mol. The molecule has 0 bridgehead atoms. The van der Waals surface area contributed by atoms with Crippen LogP contribution in [0, 0.1) is 17.9 Å². The van der Waals surface area contributed by atoms with Gasteiger partial charge in [0.05, 0.1) is 11.3 Å². The van der Waals surface area contributed by atoms with Gasteiger partial charge in [0.25, 0.3) is 0 Å². The molecule has 5 rings (SSSR count). The number of alkyl halides is 3. The Morgan fingerprint density at radius 2 is 1.33 bits per heavy atom. The van der Waals surface area contributed by atoms with Crippen molar-refractivity contribution in [2.75, 3.05) is 0 Å². The van der Waals surface area contributed by atoms with E-state index in [1.165, 1.54) is 6.08 Å². The summed E-state index contributed by atoms with van der Waals surface area (Å²) in [6, 6.07) is 31.7. The molecule has 0 unspecified atom stereocenters. The van der Waals surface area contributed by atoms with Gasteiger partial charge in [-0.05, 0) is 59.4 Å². The van der Waals surface area contributed by atoms with Crippen molar-refractivity contribution in [3.8, 4) is 33.5 Å². The first kappa shape index (κ1) is 42.4. The fraction of sp³-hybridized carbons (Fsp3) is 0.333. The minimum atomic E-state index is -4.53. The van der Waals surface area contributed by atoms with Crippen molar-refractivity contribution in [3.05, 3.63) is 126 Å². The maximum atomic E-state index is 14.1. The number of fused-ring (bicyclic) bond motifs is 1. The van der Waals surface area contributed by atoms with Crippen molar-refractivity contribution in [2.45, 2.75) is 85.7 Å². The van der Waals surface area contributed by atoms with Crippen LogP contribution < -0.4 is 0 Å². The van der Waals surface area contributed by atoms with Crippen molar-refractivity contribution in [3.63, 3.8) is 0 Å². The maximum absolute atomic E-state index is 14.1. The molecule has 0 atom stereocenters. The van der Waals surface area contributed by atoms with Gasteiger partial charge in [-0.15, -0.1) is 29.1 Å². The largest absolute Gasteiger partial charge is 0.512 e. The molecule has 0 spiro atoms. The summed E-state index contributed by atoms with van der Waals surface area (Å²) in [7, 11) is 0. The number of aromatic nitrogens is 1. The van der Waals surface area contributed by atoms with Gasteiger partial charge in [0.2, 0.25) is 0 Å². The number of nitrogens with zero attached hydrogens (tertiary/aromatic N) is 1. The standard InChI is InChI=1S/C32H25F3N.C13H24O2.Ir/c1-31(2,3)28-18-25(17-23-12-7-8-15-26(23)28)30-19-27(29(20-36-30)32(33,34)35)24-14-9-13-22(16-24)21-10-5-4-6-11-21;1-5-10(6-2)12(14)9-13(15)11(7-3)8-4;/h4-16,18-20H,1-3H3;9-11,14H,5-8H2,1-4H3;/q-1;;/b;12-9-;. The van der Waals surface area contributed by atoms with E-state index in [1.807, 2.05) is 88.4 Å². The minimum absolute atomic E-state index is 0. The smallest absolute Gasteiger partial charge is 0.418 e. The Bertz CT molecular complexity index is 1950. The van der Waals surface area contributed by atoms with Crippen molar-refractivity contribution >= 4 is 16.6 Å². The summed E-state index contributed by atoms with van der Waals surface area (Å²) >= 11 is 0. The molecule has 5 aromatic rings. The molecule has 3 nitrogen and oxygen atoms in total. The van der Waals surface area contributed by atoms with E-state index >= 15 is 0 Å². The zero-order valence-corrected chi connectivity index (χ0v) is 33.5. The molecule has 0 amide bonds. The van der Waals surface area contributed by atoms with Gasteiger partial charge in [0.15, 0.2) is 5.78 Å². The predicted octanol–water partition coefficient (Wildman–Crippen LogP) is 13.2. The number of hydrogen-bond acceptors (Lipinski definition) is 3. The van der Waals surface area contributed by atoms with Crippen LogP contribution >= 0.6 is 0 Å². The fourth-order valence-corrected chi connectivity index (χ4v) is 6.33. The summed E-state index contributed by atoms with van der Waals surface area (Å²) in [5, 5.41) is 11.8. The number of ketones is 1. The number of pyridine rings is 1. The van der Waals surface area contributed by atoms with Gasteiger partial charge in [-0.3, -0.25) is 9.78 Å². The van der Waals surface area contributed by atoms with E-state index in [-0.39, 0.29) is 54.5 Å². The SMILES string of the molecule is CC(C)(C)c1cc(-c2cc(-c3cccc(-c4ccccc4)c3)c(C(F)(F)F)cn2)[c-]c2ccccc12.CCC(CC)C(=O)/C=C(\O)C(CC)CC.[Ir]. The van der Waals surface area contributed by atoms with E-state index < -0.39 is 11.7 Å². The summed E-state index contributed by atoms with van der Waals surface area (Å²) in [6.07, 6.45) is 1.32. The van der Waals surface area contributed by atoms with E-state index in [0.717, 1.165) is 59.3 Å². The number of rotatable bonds is 10. The van der Waals surface area contributed by atoms with Crippen molar-refractivity contribution in [1.29, 1.82) is 0 Å².